The van der Waals surface area contributed by atoms with Crippen molar-refractivity contribution in [3.05, 3.63) is 6.67 Å². The number of rotatable bonds is 0. The smallest absolute Gasteiger partial charge is 0.433 e. The van der Waals surface area contributed by atoms with Gasteiger partial charge in [0.25, 0.3) is 0 Å². The van der Waals surface area contributed by atoms with Crippen LogP contribution in [-0.2, 0) is 0 Å². The number of nitrogens with zero attached hydrogens (tertiary/aromatic N) is 3. The zero-order chi connectivity index (χ0) is 6.85. The number of hydrogen-bond acceptors (Lipinski definition) is 3. The quantitative estimate of drug-likeness (QED) is 0.256. The number of hydrogen-bond donors (Lipinski definition) is 0. The summed E-state index contributed by atoms with van der Waals surface area (Å²) in [6.07, 6.45) is 0. The van der Waals surface area contributed by atoms with Gasteiger partial charge in [0.1, 0.15) is 0 Å². The van der Waals surface area contributed by atoms with Crippen molar-refractivity contribution in [2.45, 2.75) is 0 Å². The summed E-state index contributed by atoms with van der Waals surface area (Å²) in [5.74, 6) is 0. The van der Waals surface area contributed by atoms with Crippen molar-refractivity contribution in [3.8, 4) is 0 Å². The van der Waals surface area contributed by atoms with Crippen LogP contribution < -0.4 is 18.9 Å². The van der Waals surface area contributed by atoms with Crippen molar-refractivity contribution >= 4 is 0 Å². The zero-order valence-corrected chi connectivity index (χ0v) is 7.33. The first-order chi connectivity index (χ1) is 4.18. The van der Waals surface area contributed by atoms with Gasteiger partial charge in [0.2, 0.25) is 0 Å². The van der Waals surface area contributed by atoms with Crippen LogP contribution in [0.2, 0.25) is 0 Å². The van der Waals surface area contributed by atoms with Crippen LogP contribution in [0.5, 0.6) is 0 Å². The van der Waals surface area contributed by atoms with Gasteiger partial charge in [-0.1, -0.05) is 0 Å². The molecule has 0 unspecified atom stereocenters. The maximum absolute atomic E-state index is 2.25. The zero-order valence-electron chi connectivity index (χ0n) is 7.33. The Bertz CT molecular complexity index is 74.0. The molecule has 0 aliphatic carbocycles. The Morgan fingerprint density at radius 1 is 1.00 bits per heavy atom. The standard InChI is InChI=1S/C6H14N3.Li/c1-7-4-8(2)6-9(3)5-7;/h4H,5-6H2,1-3H3;/q-1;+1. The van der Waals surface area contributed by atoms with E-state index in [9.17, 15) is 0 Å². The Labute approximate surface area is 75.1 Å². The summed E-state index contributed by atoms with van der Waals surface area (Å²) in [5, 5.41) is 0. The molecule has 3 nitrogen and oxygen atoms in total. The van der Waals surface area contributed by atoms with Gasteiger partial charge < -0.3 is 9.80 Å². The minimum absolute atomic E-state index is 0. The molecule has 0 aromatic rings. The molecule has 0 aromatic heterocycles. The van der Waals surface area contributed by atoms with Crippen molar-refractivity contribution in [2.75, 3.05) is 34.5 Å². The Balaban J connectivity index is 0.000000810. The Morgan fingerprint density at radius 3 is 1.70 bits per heavy atom. The van der Waals surface area contributed by atoms with Crippen LogP contribution >= 0.6 is 0 Å². The molecule has 1 aliphatic heterocycles. The van der Waals surface area contributed by atoms with Crippen LogP contribution in [0.4, 0.5) is 0 Å². The summed E-state index contributed by atoms with van der Waals surface area (Å²) in [7, 11) is 6.26. The molecule has 0 amide bonds. The normalized spacial score (nSPS) is 24.3. The minimum atomic E-state index is 0. The first kappa shape index (κ1) is 10.5. The van der Waals surface area contributed by atoms with Gasteiger partial charge in [0.05, 0.1) is 0 Å². The fourth-order valence-electron chi connectivity index (χ4n) is 1.22. The molecule has 0 N–H and O–H groups in total. The molecule has 1 heterocycles. The molecule has 0 aromatic carbocycles. The van der Waals surface area contributed by atoms with Crippen molar-refractivity contribution in [3.63, 3.8) is 0 Å². The third kappa shape index (κ3) is 3.04. The molecule has 10 heavy (non-hydrogen) atoms. The van der Waals surface area contributed by atoms with Crippen molar-refractivity contribution < 1.29 is 18.9 Å². The third-order valence-corrected chi connectivity index (χ3v) is 1.32. The SMILES string of the molecule is CN1[CH-]N(C)CN(C)C1.[Li+]. The molecule has 0 spiro atoms. The van der Waals surface area contributed by atoms with E-state index in [4.69, 9.17) is 0 Å². The minimum Gasteiger partial charge on any atom is -0.433 e. The van der Waals surface area contributed by atoms with Crippen molar-refractivity contribution in [1.82, 2.24) is 14.7 Å². The maximum Gasteiger partial charge on any atom is 1.00 e. The van der Waals surface area contributed by atoms with Gasteiger partial charge in [-0.05, 0) is 21.1 Å². The molecule has 1 rings (SSSR count). The van der Waals surface area contributed by atoms with Gasteiger partial charge in [0.15, 0.2) is 0 Å². The Hall–Kier alpha value is 0.477. The molecule has 1 fully saturated rings. The van der Waals surface area contributed by atoms with Crippen LogP contribution in [0.25, 0.3) is 0 Å². The molecule has 0 saturated carbocycles. The average molecular weight is 135 g/mol. The largest absolute Gasteiger partial charge is 1.00 e. The molecule has 1 saturated heterocycles. The first-order valence-corrected chi connectivity index (χ1v) is 3.12. The van der Waals surface area contributed by atoms with Gasteiger partial charge in [-0.25, -0.2) is 6.67 Å². The van der Waals surface area contributed by atoms with Gasteiger partial charge in [0, 0.05) is 13.3 Å². The molecular formula is C6H14LiN3. The third-order valence-electron chi connectivity index (χ3n) is 1.32. The maximum atomic E-state index is 2.25. The van der Waals surface area contributed by atoms with E-state index in [0.29, 0.717) is 0 Å². The van der Waals surface area contributed by atoms with Gasteiger partial charge in [-0.2, -0.15) is 0 Å². The fourth-order valence-corrected chi connectivity index (χ4v) is 1.22. The topological polar surface area (TPSA) is 9.72 Å². The van der Waals surface area contributed by atoms with E-state index in [1.807, 2.05) is 0 Å². The fraction of sp³-hybridized carbons (Fsp3) is 0.833. The van der Waals surface area contributed by atoms with E-state index in [1.165, 1.54) is 0 Å². The van der Waals surface area contributed by atoms with E-state index in [1.54, 1.807) is 0 Å². The summed E-state index contributed by atoms with van der Waals surface area (Å²) in [6, 6.07) is 0. The molecule has 0 atom stereocenters. The second kappa shape index (κ2) is 4.37. The molecule has 0 radical (unpaired) electrons. The van der Waals surface area contributed by atoms with Crippen LogP contribution in [0.3, 0.4) is 0 Å². The summed E-state index contributed by atoms with van der Waals surface area (Å²) >= 11 is 0. The second-order valence-corrected chi connectivity index (χ2v) is 2.77. The van der Waals surface area contributed by atoms with E-state index < -0.39 is 0 Å². The molecule has 0 bridgehead atoms. The van der Waals surface area contributed by atoms with Gasteiger partial charge in [-0.15, -0.1) is 0 Å². The summed E-state index contributed by atoms with van der Waals surface area (Å²) < 4.78 is 0. The summed E-state index contributed by atoms with van der Waals surface area (Å²) in [4.78, 5) is 6.56. The van der Waals surface area contributed by atoms with E-state index in [-0.39, 0.29) is 18.9 Å². The first-order valence-electron chi connectivity index (χ1n) is 3.12. The predicted molar refractivity (Wildman–Crippen MR) is 37.3 cm³/mol. The Kier molecular flexibility index (Phi) is 4.58. The second-order valence-electron chi connectivity index (χ2n) is 2.77. The summed E-state index contributed by atoms with van der Waals surface area (Å²) in [6.45, 7) is 4.18. The predicted octanol–water partition coefficient (Wildman–Crippen LogP) is -3.17. The molecule has 1 aliphatic rings. The van der Waals surface area contributed by atoms with Crippen LogP contribution in [0.15, 0.2) is 0 Å². The molecular weight excluding hydrogens is 121 g/mol. The van der Waals surface area contributed by atoms with Crippen LogP contribution in [0.1, 0.15) is 0 Å². The van der Waals surface area contributed by atoms with Crippen molar-refractivity contribution in [1.29, 1.82) is 0 Å². The molecule has 4 heteroatoms. The Morgan fingerprint density at radius 2 is 1.40 bits per heavy atom. The van der Waals surface area contributed by atoms with Gasteiger partial charge >= 0.3 is 18.9 Å². The summed E-state index contributed by atoms with van der Waals surface area (Å²) in [5.41, 5.74) is 0. The van der Waals surface area contributed by atoms with Crippen LogP contribution in [0, 0.1) is 6.67 Å². The van der Waals surface area contributed by atoms with E-state index >= 15 is 0 Å². The van der Waals surface area contributed by atoms with Gasteiger partial charge in [-0.3, -0.25) is 4.90 Å². The van der Waals surface area contributed by atoms with E-state index in [2.05, 4.69) is 42.5 Å². The van der Waals surface area contributed by atoms with Crippen LogP contribution in [-0.4, -0.2) is 49.2 Å². The molecule has 54 valence electrons. The monoisotopic (exact) mass is 135 g/mol. The van der Waals surface area contributed by atoms with E-state index in [0.717, 1.165) is 13.3 Å². The average Bonchev–Trinajstić information content (AvgIpc) is 1.59. The van der Waals surface area contributed by atoms with Crippen molar-refractivity contribution in [2.24, 2.45) is 0 Å².